The minimum atomic E-state index is -0.626. The van der Waals surface area contributed by atoms with Crippen LogP contribution >= 0.6 is 0 Å². The molecule has 224 valence electrons. The zero-order chi connectivity index (χ0) is 29.8. The molecule has 4 heterocycles. The molecule has 2 aliphatic carbocycles. The Bertz CT molecular complexity index is 1500. The number of carbonyl (C=O) groups is 1. The number of cyclic esters (lactones) is 1. The first-order valence-corrected chi connectivity index (χ1v) is 14.8. The molecule has 2 aliphatic heterocycles. The summed E-state index contributed by atoms with van der Waals surface area (Å²) < 4.78 is 13.1. The largest absolute Gasteiger partial charge is 0.423 e. The number of aliphatic hydroxyl groups is 2. The third kappa shape index (κ3) is 4.70. The Morgan fingerprint density at radius 1 is 1.29 bits per heavy atom. The van der Waals surface area contributed by atoms with Gasteiger partial charge in [0.1, 0.15) is 11.4 Å². The number of nitrogens with zero attached hydrogens (tertiary/aromatic N) is 4. The van der Waals surface area contributed by atoms with E-state index in [1.54, 1.807) is 18.3 Å². The number of nitrogens with two attached hydrogens (primary N) is 1. The van der Waals surface area contributed by atoms with Crippen molar-refractivity contribution in [3.8, 4) is 0 Å². The smallest absolute Gasteiger partial charge is 0.343 e. The summed E-state index contributed by atoms with van der Waals surface area (Å²) in [5.74, 6) is 0.241. The minimum Gasteiger partial charge on any atom is -0.423 e. The standard InChI is InChI=1S/C32H41N5O5/c1-19-24(31(2)8-7-27(39)32(3,18-38)26(31)15-25(19)37-9-11-41-12-10-37)6-5-20-13-22(42-29(20)40)14-21-17-36(4)28-23(21)16-34-30(33)35-28/h5-6,13-14,16-17,24-27,38-39H,1,7-12,15,18H2,2-4H3,(H2,33,34,35)/t24?,25?,26?,27-,31-,32+/m1/s1. The number of carbonyl (C=O) groups excluding carboxylic acids is 1. The lowest BCUT2D eigenvalue weighted by atomic mass is 9.45. The molecular formula is C32H41N5O5. The second-order valence-electron chi connectivity index (χ2n) is 12.8. The van der Waals surface area contributed by atoms with Crippen LogP contribution in [0.5, 0.6) is 0 Å². The quantitative estimate of drug-likeness (QED) is 0.363. The van der Waals surface area contributed by atoms with Gasteiger partial charge in [-0.3, -0.25) is 4.90 Å². The van der Waals surface area contributed by atoms with Gasteiger partial charge in [0.05, 0.1) is 31.5 Å². The van der Waals surface area contributed by atoms with Crippen molar-refractivity contribution in [3.05, 3.63) is 59.7 Å². The molecule has 6 atom stereocenters. The van der Waals surface area contributed by atoms with E-state index in [9.17, 15) is 15.0 Å². The average Bonchev–Trinajstić information content (AvgIpc) is 3.48. The molecule has 10 heteroatoms. The summed E-state index contributed by atoms with van der Waals surface area (Å²) >= 11 is 0. The van der Waals surface area contributed by atoms with Gasteiger partial charge in [-0.15, -0.1) is 0 Å². The van der Waals surface area contributed by atoms with Crippen molar-refractivity contribution in [1.82, 2.24) is 19.4 Å². The Morgan fingerprint density at radius 2 is 2.05 bits per heavy atom. The van der Waals surface area contributed by atoms with Gasteiger partial charge in [0.25, 0.3) is 0 Å². The van der Waals surface area contributed by atoms with Crippen molar-refractivity contribution >= 4 is 29.0 Å². The van der Waals surface area contributed by atoms with Crippen molar-refractivity contribution in [2.75, 3.05) is 38.6 Å². The average molecular weight is 576 g/mol. The highest BCUT2D eigenvalue weighted by molar-refractivity contribution is 5.97. The normalized spacial score (nSPS) is 35.2. The predicted molar refractivity (Wildman–Crippen MR) is 160 cm³/mol. The lowest BCUT2D eigenvalue weighted by Crippen LogP contribution is -2.61. The van der Waals surface area contributed by atoms with Crippen LogP contribution in [0, 0.1) is 22.7 Å². The molecule has 0 aromatic carbocycles. The number of fused-ring (bicyclic) bond motifs is 2. The minimum absolute atomic E-state index is 0.0510. The van der Waals surface area contributed by atoms with E-state index >= 15 is 0 Å². The van der Waals surface area contributed by atoms with Crippen molar-refractivity contribution in [2.24, 2.45) is 29.7 Å². The number of aryl methyl sites for hydroxylation is 1. The molecule has 0 amide bonds. The third-order valence-electron chi connectivity index (χ3n) is 10.4. The first kappa shape index (κ1) is 28.8. The Morgan fingerprint density at radius 3 is 2.79 bits per heavy atom. The van der Waals surface area contributed by atoms with E-state index < -0.39 is 17.5 Å². The molecule has 1 saturated heterocycles. The van der Waals surface area contributed by atoms with E-state index in [4.69, 9.17) is 15.2 Å². The fourth-order valence-electron chi connectivity index (χ4n) is 7.95. The topological polar surface area (TPSA) is 136 Å². The van der Waals surface area contributed by atoms with Crippen LogP contribution in [0.3, 0.4) is 0 Å². The van der Waals surface area contributed by atoms with Crippen molar-refractivity contribution in [2.45, 2.75) is 45.3 Å². The van der Waals surface area contributed by atoms with Gasteiger partial charge in [0.2, 0.25) is 5.95 Å². The summed E-state index contributed by atoms with van der Waals surface area (Å²) in [5, 5.41) is 22.4. The van der Waals surface area contributed by atoms with Gasteiger partial charge < -0.3 is 30.0 Å². The monoisotopic (exact) mass is 575 g/mol. The number of esters is 1. The molecule has 2 saturated carbocycles. The van der Waals surface area contributed by atoms with Gasteiger partial charge in [-0.2, -0.15) is 4.98 Å². The number of hydrogen-bond donors (Lipinski definition) is 3. The highest BCUT2D eigenvalue weighted by Gasteiger charge is 2.59. The number of aliphatic hydroxyl groups excluding tert-OH is 2. The molecular weight excluding hydrogens is 534 g/mol. The van der Waals surface area contributed by atoms with E-state index in [2.05, 4.69) is 34.4 Å². The fraction of sp³-hybridized carbons (Fsp3) is 0.531. The maximum absolute atomic E-state index is 13.0. The fourth-order valence-corrected chi connectivity index (χ4v) is 7.95. The van der Waals surface area contributed by atoms with Gasteiger partial charge in [0, 0.05) is 60.9 Å². The number of rotatable bonds is 5. The summed E-state index contributed by atoms with van der Waals surface area (Å²) in [6.07, 6.45) is 12.8. The molecule has 4 N–H and O–H groups in total. The Labute approximate surface area is 246 Å². The molecule has 0 radical (unpaired) electrons. The van der Waals surface area contributed by atoms with E-state index in [0.717, 1.165) is 42.5 Å². The Hall–Kier alpha value is -3.31. The number of hydrogen-bond acceptors (Lipinski definition) is 9. The second-order valence-corrected chi connectivity index (χ2v) is 12.8. The molecule has 3 unspecified atom stereocenters. The highest BCUT2D eigenvalue weighted by Crippen LogP contribution is 2.62. The van der Waals surface area contributed by atoms with Gasteiger partial charge >= 0.3 is 5.97 Å². The van der Waals surface area contributed by atoms with Gasteiger partial charge in [-0.1, -0.05) is 38.2 Å². The summed E-state index contributed by atoms with van der Waals surface area (Å²) in [4.78, 5) is 23.8. The Kier molecular flexibility index (Phi) is 7.37. The van der Waals surface area contributed by atoms with Gasteiger partial charge in [0.15, 0.2) is 0 Å². The first-order chi connectivity index (χ1) is 20.0. The summed E-state index contributed by atoms with van der Waals surface area (Å²) in [6, 6.07) is 0.0976. The van der Waals surface area contributed by atoms with Crippen molar-refractivity contribution in [1.29, 1.82) is 0 Å². The zero-order valence-corrected chi connectivity index (χ0v) is 24.6. The summed E-state index contributed by atoms with van der Waals surface area (Å²) in [5.41, 5.74) is 7.99. The molecule has 10 nitrogen and oxygen atoms in total. The van der Waals surface area contributed by atoms with E-state index in [1.165, 1.54) is 0 Å². The van der Waals surface area contributed by atoms with Crippen LogP contribution in [0.1, 0.15) is 38.7 Å². The van der Waals surface area contributed by atoms with Crippen LogP contribution in [0.15, 0.2) is 54.1 Å². The lowest BCUT2D eigenvalue weighted by Gasteiger charge is -2.62. The molecule has 0 spiro atoms. The Balaban J connectivity index is 1.33. The lowest BCUT2D eigenvalue weighted by molar-refractivity contribution is -0.156. The molecule has 42 heavy (non-hydrogen) atoms. The maximum atomic E-state index is 13.0. The number of aromatic nitrogens is 3. The first-order valence-electron chi connectivity index (χ1n) is 14.8. The van der Waals surface area contributed by atoms with Crippen LogP contribution in [0.4, 0.5) is 5.95 Å². The SMILES string of the molecule is C=C1C(N2CCOCC2)CC2[C@](C)(CC[C@@H](O)[C@@]2(C)CO)C1C=CC1=CC(=Cc2cn(C)c3nc(N)ncc23)OC1=O. The molecule has 2 aromatic heterocycles. The summed E-state index contributed by atoms with van der Waals surface area (Å²) in [6.45, 7) is 11.8. The van der Waals surface area contributed by atoms with E-state index in [1.807, 2.05) is 30.8 Å². The highest BCUT2D eigenvalue weighted by atomic mass is 16.5. The van der Waals surface area contributed by atoms with Gasteiger partial charge in [-0.25, -0.2) is 9.78 Å². The molecule has 3 fully saturated rings. The third-order valence-corrected chi connectivity index (χ3v) is 10.4. The number of nitrogen functional groups attached to an aromatic ring is 1. The van der Waals surface area contributed by atoms with Crippen LogP contribution in [0.2, 0.25) is 0 Å². The van der Waals surface area contributed by atoms with Gasteiger partial charge in [-0.05, 0) is 42.7 Å². The van der Waals surface area contributed by atoms with E-state index in [-0.39, 0.29) is 35.8 Å². The molecule has 0 bridgehead atoms. The second kappa shape index (κ2) is 10.8. The number of anilines is 1. The predicted octanol–water partition coefficient (Wildman–Crippen LogP) is 2.98. The van der Waals surface area contributed by atoms with Crippen LogP contribution in [-0.4, -0.2) is 80.7 Å². The number of morpholine rings is 1. The van der Waals surface area contributed by atoms with Crippen LogP contribution in [-0.2, 0) is 21.3 Å². The van der Waals surface area contributed by atoms with Crippen molar-refractivity contribution in [3.63, 3.8) is 0 Å². The molecule has 6 rings (SSSR count). The maximum Gasteiger partial charge on any atom is 0.343 e. The molecule has 4 aliphatic rings. The summed E-state index contributed by atoms with van der Waals surface area (Å²) in [7, 11) is 1.88. The zero-order valence-electron chi connectivity index (χ0n) is 24.6. The van der Waals surface area contributed by atoms with Crippen LogP contribution in [0.25, 0.3) is 17.1 Å². The molecule has 2 aromatic rings. The van der Waals surface area contributed by atoms with E-state index in [0.29, 0.717) is 36.6 Å². The number of ether oxygens (including phenoxy) is 2. The van der Waals surface area contributed by atoms with Crippen molar-refractivity contribution < 1.29 is 24.5 Å². The van der Waals surface area contributed by atoms with Crippen LogP contribution < -0.4 is 5.73 Å². The number of allylic oxidation sites excluding steroid dienone is 2.